The Labute approximate surface area is 164 Å². The lowest BCUT2D eigenvalue weighted by Crippen LogP contribution is -2.39. The number of rotatable bonds is 7. The van der Waals surface area contributed by atoms with E-state index in [-0.39, 0.29) is 31.7 Å². The Balaban J connectivity index is 1.43. The Bertz CT molecular complexity index is 882. The summed E-state index contributed by atoms with van der Waals surface area (Å²) < 4.78 is 10.7. The summed E-state index contributed by atoms with van der Waals surface area (Å²) in [6.07, 6.45) is 0. The fourth-order valence-corrected chi connectivity index (χ4v) is 2.97. The number of anilines is 1. The second kappa shape index (κ2) is 8.75. The summed E-state index contributed by atoms with van der Waals surface area (Å²) in [6, 6.07) is 11.4. The van der Waals surface area contributed by atoms with E-state index in [1.807, 2.05) is 62.2 Å². The number of hydrogen-bond donors (Lipinski definition) is 2. The van der Waals surface area contributed by atoms with Crippen LogP contribution in [0, 0.1) is 13.8 Å². The maximum absolute atomic E-state index is 12.1. The van der Waals surface area contributed by atoms with Crippen LogP contribution in [0.15, 0.2) is 36.4 Å². The lowest BCUT2D eigenvalue weighted by molar-refractivity contribution is -0.124. The SMILES string of the molecule is Cc1cccc(NC(=O)CNC(=O)CN(C)Cc2ccc3c(c2)OCO3)c1C. The van der Waals surface area contributed by atoms with Crippen LogP contribution in [0.1, 0.15) is 16.7 Å². The molecule has 0 spiro atoms. The molecule has 0 fully saturated rings. The fourth-order valence-electron chi connectivity index (χ4n) is 2.97. The van der Waals surface area contributed by atoms with Gasteiger partial charge < -0.3 is 20.1 Å². The van der Waals surface area contributed by atoms with Gasteiger partial charge in [-0.2, -0.15) is 0 Å². The first-order valence-corrected chi connectivity index (χ1v) is 9.12. The van der Waals surface area contributed by atoms with Crippen molar-refractivity contribution in [1.82, 2.24) is 10.2 Å². The van der Waals surface area contributed by atoms with E-state index in [1.54, 1.807) is 0 Å². The molecule has 1 aliphatic rings. The second-order valence-corrected chi connectivity index (χ2v) is 6.93. The van der Waals surface area contributed by atoms with E-state index in [9.17, 15) is 9.59 Å². The average molecular weight is 383 g/mol. The van der Waals surface area contributed by atoms with Crippen LogP contribution < -0.4 is 20.1 Å². The smallest absolute Gasteiger partial charge is 0.243 e. The standard InChI is InChI=1S/C21H25N3O4/c1-14-5-4-6-17(15(14)2)23-20(25)10-22-21(26)12-24(3)11-16-7-8-18-19(9-16)28-13-27-18/h4-9H,10-13H2,1-3H3,(H,22,26)(H,23,25). The topological polar surface area (TPSA) is 79.9 Å². The summed E-state index contributed by atoms with van der Waals surface area (Å²) in [7, 11) is 1.85. The van der Waals surface area contributed by atoms with Crippen LogP contribution in [0.25, 0.3) is 0 Å². The maximum Gasteiger partial charge on any atom is 0.243 e. The highest BCUT2D eigenvalue weighted by Crippen LogP contribution is 2.32. The van der Waals surface area contributed by atoms with E-state index in [1.165, 1.54) is 0 Å². The highest BCUT2D eigenvalue weighted by Gasteiger charge is 2.15. The minimum absolute atomic E-state index is 0.0654. The normalized spacial score (nSPS) is 12.1. The van der Waals surface area contributed by atoms with Crippen LogP contribution in [-0.4, -0.2) is 43.6 Å². The highest BCUT2D eigenvalue weighted by atomic mass is 16.7. The van der Waals surface area contributed by atoms with Crippen molar-refractivity contribution in [2.45, 2.75) is 20.4 Å². The first-order chi connectivity index (χ1) is 13.4. The van der Waals surface area contributed by atoms with E-state index in [2.05, 4.69) is 10.6 Å². The number of carbonyl (C=O) groups is 2. The van der Waals surface area contributed by atoms with Crippen molar-refractivity contribution in [2.75, 3.05) is 32.2 Å². The van der Waals surface area contributed by atoms with Gasteiger partial charge in [-0.3, -0.25) is 14.5 Å². The molecule has 0 aliphatic carbocycles. The molecule has 2 amide bonds. The minimum Gasteiger partial charge on any atom is -0.454 e. The lowest BCUT2D eigenvalue weighted by atomic mass is 10.1. The first kappa shape index (κ1) is 19.7. The third-order valence-corrected chi connectivity index (χ3v) is 4.63. The summed E-state index contributed by atoms with van der Waals surface area (Å²) in [6.45, 7) is 4.88. The second-order valence-electron chi connectivity index (χ2n) is 6.93. The number of carbonyl (C=O) groups excluding carboxylic acids is 2. The molecule has 7 heteroatoms. The van der Waals surface area contributed by atoms with Crippen LogP contribution >= 0.6 is 0 Å². The number of nitrogens with zero attached hydrogens (tertiary/aromatic N) is 1. The molecule has 0 aromatic heterocycles. The van der Waals surface area contributed by atoms with Gasteiger partial charge in [0.15, 0.2) is 11.5 Å². The quantitative estimate of drug-likeness (QED) is 0.766. The van der Waals surface area contributed by atoms with Crippen molar-refractivity contribution in [3.63, 3.8) is 0 Å². The van der Waals surface area contributed by atoms with Crippen LogP contribution in [0.3, 0.4) is 0 Å². The van der Waals surface area contributed by atoms with Gasteiger partial charge in [0.25, 0.3) is 0 Å². The molecular weight excluding hydrogens is 358 g/mol. The molecule has 0 saturated carbocycles. The summed E-state index contributed by atoms with van der Waals surface area (Å²) in [5.41, 5.74) is 3.91. The average Bonchev–Trinajstić information content (AvgIpc) is 3.11. The van der Waals surface area contributed by atoms with Gasteiger partial charge in [-0.25, -0.2) is 0 Å². The Morgan fingerprint density at radius 1 is 1.07 bits per heavy atom. The van der Waals surface area contributed by atoms with Crippen LogP contribution in [0.4, 0.5) is 5.69 Å². The van der Waals surface area contributed by atoms with Crippen molar-refractivity contribution >= 4 is 17.5 Å². The van der Waals surface area contributed by atoms with Crippen LogP contribution in [0.5, 0.6) is 11.5 Å². The Morgan fingerprint density at radius 3 is 2.68 bits per heavy atom. The summed E-state index contributed by atoms with van der Waals surface area (Å²) in [4.78, 5) is 26.1. The number of amides is 2. The van der Waals surface area contributed by atoms with Crippen LogP contribution in [-0.2, 0) is 16.1 Å². The molecule has 3 rings (SSSR count). The van der Waals surface area contributed by atoms with E-state index < -0.39 is 0 Å². The van der Waals surface area contributed by atoms with E-state index >= 15 is 0 Å². The van der Waals surface area contributed by atoms with Gasteiger partial charge in [0.1, 0.15) is 0 Å². The lowest BCUT2D eigenvalue weighted by Gasteiger charge is -2.17. The third-order valence-electron chi connectivity index (χ3n) is 4.63. The van der Waals surface area contributed by atoms with Crippen molar-refractivity contribution in [3.8, 4) is 11.5 Å². The van der Waals surface area contributed by atoms with Gasteiger partial charge in [0, 0.05) is 12.2 Å². The predicted octanol–water partition coefficient (Wildman–Crippen LogP) is 2.22. The molecule has 0 radical (unpaired) electrons. The van der Waals surface area contributed by atoms with Gasteiger partial charge in [-0.15, -0.1) is 0 Å². The van der Waals surface area contributed by atoms with Gasteiger partial charge in [0.05, 0.1) is 13.1 Å². The maximum atomic E-state index is 12.1. The zero-order chi connectivity index (χ0) is 20.1. The number of benzene rings is 2. The molecule has 0 unspecified atom stereocenters. The third kappa shape index (κ3) is 5.01. The highest BCUT2D eigenvalue weighted by molar-refractivity contribution is 5.95. The van der Waals surface area contributed by atoms with Gasteiger partial charge in [-0.05, 0) is 55.8 Å². The van der Waals surface area contributed by atoms with Crippen molar-refractivity contribution in [1.29, 1.82) is 0 Å². The van der Waals surface area contributed by atoms with E-state index in [0.29, 0.717) is 6.54 Å². The van der Waals surface area contributed by atoms with Crippen molar-refractivity contribution in [3.05, 3.63) is 53.1 Å². The van der Waals surface area contributed by atoms with Gasteiger partial charge in [0.2, 0.25) is 18.6 Å². The monoisotopic (exact) mass is 383 g/mol. The van der Waals surface area contributed by atoms with Crippen molar-refractivity contribution in [2.24, 2.45) is 0 Å². The number of ether oxygens (including phenoxy) is 2. The fraction of sp³-hybridized carbons (Fsp3) is 0.333. The van der Waals surface area contributed by atoms with Gasteiger partial charge in [-0.1, -0.05) is 18.2 Å². The zero-order valence-corrected chi connectivity index (χ0v) is 16.4. The van der Waals surface area contributed by atoms with E-state index in [0.717, 1.165) is 33.9 Å². The minimum atomic E-state index is -0.250. The molecule has 2 N–H and O–H groups in total. The molecule has 1 aliphatic heterocycles. The van der Waals surface area contributed by atoms with Gasteiger partial charge >= 0.3 is 0 Å². The summed E-state index contributed by atoms with van der Waals surface area (Å²) in [5, 5.41) is 5.49. The Morgan fingerprint density at radius 2 is 1.86 bits per heavy atom. The summed E-state index contributed by atoms with van der Waals surface area (Å²) >= 11 is 0. The predicted molar refractivity (Wildman–Crippen MR) is 106 cm³/mol. The van der Waals surface area contributed by atoms with Crippen LogP contribution in [0.2, 0.25) is 0 Å². The Hall–Kier alpha value is -3.06. The molecule has 0 saturated heterocycles. The number of aryl methyl sites for hydroxylation is 1. The number of hydrogen-bond acceptors (Lipinski definition) is 5. The molecule has 7 nitrogen and oxygen atoms in total. The number of fused-ring (bicyclic) bond motifs is 1. The largest absolute Gasteiger partial charge is 0.454 e. The molecule has 1 heterocycles. The number of nitrogens with one attached hydrogen (secondary N) is 2. The molecule has 2 aromatic rings. The molecule has 0 bridgehead atoms. The van der Waals surface area contributed by atoms with Crippen molar-refractivity contribution < 1.29 is 19.1 Å². The molecule has 0 atom stereocenters. The molecule has 2 aromatic carbocycles. The zero-order valence-electron chi connectivity index (χ0n) is 16.4. The molecular formula is C21H25N3O4. The summed E-state index contributed by atoms with van der Waals surface area (Å²) in [5.74, 6) is 0.998. The molecule has 28 heavy (non-hydrogen) atoms. The molecule has 148 valence electrons. The number of likely N-dealkylation sites (N-methyl/N-ethyl adjacent to an activating group) is 1. The van der Waals surface area contributed by atoms with E-state index in [4.69, 9.17) is 9.47 Å². The Kier molecular flexibility index (Phi) is 6.16. The first-order valence-electron chi connectivity index (χ1n) is 9.12.